The molecule has 2 rings (SSSR count). The van der Waals surface area contributed by atoms with E-state index in [-0.39, 0.29) is 12.4 Å². The lowest BCUT2D eigenvalue weighted by atomic mass is 10.1. The third kappa shape index (κ3) is 4.73. The maximum absolute atomic E-state index is 12.5. The minimum Gasteiger partial charge on any atom is -0.497 e. The first-order chi connectivity index (χ1) is 12.5. The summed E-state index contributed by atoms with van der Waals surface area (Å²) in [6.07, 6.45) is 0.866. The molecule has 0 N–H and O–H groups in total. The zero-order valence-corrected chi connectivity index (χ0v) is 15.7. The van der Waals surface area contributed by atoms with Crippen LogP contribution in [0, 0.1) is 13.8 Å². The van der Waals surface area contributed by atoms with Gasteiger partial charge in [-0.15, -0.1) is 0 Å². The van der Waals surface area contributed by atoms with Crippen LogP contribution in [0.15, 0.2) is 30.3 Å². The number of aromatic nitrogens is 1. The van der Waals surface area contributed by atoms with Gasteiger partial charge in [0.1, 0.15) is 5.75 Å². The van der Waals surface area contributed by atoms with Crippen molar-refractivity contribution in [3.8, 4) is 5.75 Å². The van der Waals surface area contributed by atoms with Gasteiger partial charge in [-0.1, -0.05) is 6.07 Å². The van der Waals surface area contributed by atoms with Gasteiger partial charge in [0, 0.05) is 37.2 Å². The number of carbonyl (C=O) groups is 2. The monoisotopic (exact) mass is 359 g/mol. The molecule has 6 nitrogen and oxygen atoms in total. The predicted octanol–water partition coefficient (Wildman–Crippen LogP) is 3.19. The first kappa shape index (κ1) is 19.7. The molecule has 1 heterocycles. The van der Waals surface area contributed by atoms with E-state index in [9.17, 15) is 9.59 Å². The van der Waals surface area contributed by atoms with Gasteiger partial charge in [-0.05, 0) is 44.5 Å². The molecule has 0 atom stereocenters. The summed E-state index contributed by atoms with van der Waals surface area (Å²) >= 11 is 0. The van der Waals surface area contributed by atoms with Crippen LogP contribution in [0.2, 0.25) is 0 Å². The number of ether oxygens (including phenoxy) is 3. The number of methoxy groups -OCH3 is 2. The van der Waals surface area contributed by atoms with Crippen LogP contribution in [-0.4, -0.2) is 43.8 Å². The Labute approximate surface area is 153 Å². The lowest BCUT2D eigenvalue weighted by Crippen LogP contribution is -2.15. The van der Waals surface area contributed by atoms with Gasteiger partial charge in [-0.2, -0.15) is 0 Å². The van der Waals surface area contributed by atoms with Crippen LogP contribution >= 0.6 is 0 Å². The second-order valence-corrected chi connectivity index (χ2v) is 6.01. The molecule has 0 saturated heterocycles. The number of nitrogens with zero attached hydrogens (tertiary/aromatic N) is 1. The molecule has 0 radical (unpaired) electrons. The van der Waals surface area contributed by atoms with E-state index in [0.29, 0.717) is 23.5 Å². The molecule has 1 aromatic heterocycles. The Balaban J connectivity index is 2.01. The fraction of sp³-hybridized carbons (Fsp3) is 0.400. The van der Waals surface area contributed by atoms with Crippen LogP contribution in [0.5, 0.6) is 5.75 Å². The molecule has 140 valence electrons. The summed E-state index contributed by atoms with van der Waals surface area (Å²) in [5, 5.41) is 0. The first-order valence-electron chi connectivity index (χ1n) is 8.48. The number of Topliss-reactive ketones (excluding diaryl/α,β-unsaturated/α-hetero) is 1. The number of ketones is 1. The van der Waals surface area contributed by atoms with Crippen molar-refractivity contribution in [2.24, 2.45) is 0 Å². The quantitative estimate of drug-likeness (QED) is 0.391. The van der Waals surface area contributed by atoms with Crippen molar-refractivity contribution in [1.82, 2.24) is 4.57 Å². The Bertz CT molecular complexity index is 779. The summed E-state index contributed by atoms with van der Waals surface area (Å²) in [7, 11) is 3.19. The average molecular weight is 359 g/mol. The van der Waals surface area contributed by atoms with Gasteiger partial charge in [0.2, 0.25) is 5.78 Å². The minimum atomic E-state index is -0.550. The molecule has 6 heteroatoms. The number of hydrogen-bond acceptors (Lipinski definition) is 5. The summed E-state index contributed by atoms with van der Waals surface area (Å²) in [5.41, 5.74) is 2.81. The fourth-order valence-electron chi connectivity index (χ4n) is 2.84. The Morgan fingerprint density at radius 3 is 2.58 bits per heavy atom. The van der Waals surface area contributed by atoms with Gasteiger partial charge in [-0.25, -0.2) is 4.79 Å². The summed E-state index contributed by atoms with van der Waals surface area (Å²) in [5.74, 6) is -0.205. The van der Waals surface area contributed by atoms with Gasteiger partial charge in [-0.3, -0.25) is 4.79 Å². The zero-order chi connectivity index (χ0) is 19.1. The summed E-state index contributed by atoms with van der Waals surface area (Å²) in [4.78, 5) is 24.6. The van der Waals surface area contributed by atoms with Crippen molar-refractivity contribution < 1.29 is 23.8 Å². The number of aryl methyl sites for hydroxylation is 1. The van der Waals surface area contributed by atoms with E-state index in [2.05, 4.69) is 4.57 Å². The normalized spacial score (nSPS) is 10.6. The Morgan fingerprint density at radius 1 is 1.12 bits per heavy atom. The van der Waals surface area contributed by atoms with Crippen LogP contribution < -0.4 is 4.74 Å². The molecule has 0 fully saturated rings. The van der Waals surface area contributed by atoms with Crippen LogP contribution in [0.25, 0.3) is 0 Å². The lowest BCUT2D eigenvalue weighted by Gasteiger charge is -2.09. The Hall–Kier alpha value is -2.60. The highest BCUT2D eigenvalue weighted by molar-refractivity contribution is 6.00. The third-order valence-electron chi connectivity index (χ3n) is 4.24. The van der Waals surface area contributed by atoms with Crippen molar-refractivity contribution in [3.63, 3.8) is 0 Å². The molecule has 26 heavy (non-hydrogen) atoms. The van der Waals surface area contributed by atoms with Crippen LogP contribution in [0.1, 0.15) is 38.5 Å². The van der Waals surface area contributed by atoms with Crippen molar-refractivity contribution in [3.05, 3.63) is 52.8 Å². The molecule has 0 aliphatic carbocycles. The smallest absolute Gasteiger partial charge is 0.338 e. The van der Waals surface area contributed by atoms with Crippen LogP contribution in [-0.2, 0) is 16.0 Å². The largest absolute Gasteiger partial charge is 0.497 e. The summed E-state index contributed by atoms with van der Waals surface area (Å²) < 4.78 is 17.4. The van der Waals surface area contributed by atoms with E-state index >= 15 is 0 Å². The number of benzene rings is 1. The highest BCUT2D eigenvalue weighted by Crippen LogP contribution is 2.17. The number of hydrogen-bond donors (Lipinski definition) is 0. The van der Waals surface area contributed by atoms with E-state index in [1.807, 2.05) is 19.9 Å². The summed E-state index contributed by atoms with van der Waals surface area (Å²) in [6.45, 7) is 5.01. The molecule has 0 amide bonds. The topological polar surface area (TPSA) is 66.8 Å². The van der Waals surface area contributed by atoms with E-state index in [4.69, 9.17) is 14.2 Å². The van der Waals surface area contributed by atoms with E-state index in [1.54, 1.807) is 31.4 Å². The molecule has 2 aromatic rings. The highest BCUT2D eigenvalue weighted by atomic mass is 16.5. The van der Waals surface area contributed by atoms with Gasteiger partial charge in [0.05, 0.1) is 12.7 Å². The highest BCUT2D eigenvalue weighted by Gasteiger charge is 2.18. The zero-order valence-electron chi connectivity index (χ0n) is 15.7. The molecule has 0 aliphatic rings. The number of carbonyl (C=O) groups excluding carboxylic acids is 2. The van der Waals surface area contributed by atoms with Crippen LogP contribution in [0.4, 0.5) is 0 Å². The van der Waals surface area contributed by atoms with Crippen molar-refractivity contribution in [1.29, 1.82) is 0 Å². The Morgan fingerprint density at radius 2 is 1.88 bits per heavy atom. The van der Waals surface area contributed by atoms with Gasteiger partial charge in [0.25, 0.3) is 0 Å². The molecule has 1 aromatic carbocycles. The minimum absolute atomic E-state index is 0.215. The van der Waals surface area contributed by atoms with Gasteiger partial charge in [0.15, 0.2) is 6.61 Å². The molecular weight excluding hydrogens is 334 g/mol. The van der Waals surface area contributed by atoms with E-state index in [0.717, 1.165) is 24.4 Å². The van der Waals surface area contributed by atoms with E-state index in [1.165, 1.54) is 7.11 Å². The molecule has 0 spiro atoms. The average Bonchev–Trinajstić information content (AvgIpc) is 2.94. The van der Waals surface area contributed by atoms with Crippen molar-refractivity contribution in [2.75, 3.05) is 27.4 Å². The Kier molecular flexibility index (Phi) is 6.97. The molecule has 0 saturated carbocycles. The fourth-order valence-corrected chi connectivity index (χ4v) is 2.84. The predicted molar refractivity (Wildman–Crippen MR) is 98.0 cm³/mol. The van der Waals surface area contributed by atoms with E-state index < -0.39 is 5.97 Å². The van der Waals surface area contributed by atoms with Gasteiger partial charge >= 0.3 is 5.97 Å². The van der Waals surface area contributed by atoms with Gasteiger partial charge < -0.3 is 18.8 Å². The molecule has 0 bridgehead atoms. The lowest BCUT2D eigenvalue weighted by molar-refractivity contribution is 0.0474. The van der Waals surface area contributed by atoms with Crippen molar-refractivity contribution in [2.45, 2.75) is 26.8 Å². The van der Waals surface area contributed by atoms with Crippen LogP contribution in [0.3, 0.4) is 0 Å². The maximum atomic E-state index is 12.5. The second-order valence-electron chi connectivity index (χ2n) is 6.01. The molecule has 0 aliphatic heterocycles. The third-order valence-corrected chi connectivity index (χ3v) is 4.24. The maximum Gasteiger partial charge on any atom is 0.338 e. The number of rotatable bonds is 9. The molecule has 0 unspecified atom stereocenters. The summed E-state index contributed by atoms with van der Waals surface area (Å²) in [6, 6.07) is 8.47. The second kappa shape index (κ2) is 9.20. The molecular formula is C20H25NO5. The number of esters is 1. The SMILES string of the molecule is COCCCn1c(C)cc(C(=O)COC(=O)c2cccc(OC)c2)c1C. The standard InChI is InChI=1S/C20H25NO5/c1-14-11-18(15(2)21(14)9-6-10-24-3)19(22)13-26-20(23)16-7-5-8-17(12-16)25-4/h5,7-8,11-12H,6,9-10,13H2,1-4H3. The first-order valence-corrected chi connectivity index (χ1v) is 8.48. The van der Waals surface area contributed by atoms with Crippen molar-refractivity contribution >= 4 is 11.8 Å².